The molecule has 0 aliphatic heterocycles. The number of nitrogens with zero attached hydrogens (tertiary/aromatic N) is 3. The number of pyridine rings is 1. The highest BCUT2D eigenvalue weighted by Crippen LogP contribution is 2.27. The van der Waals surface area contributed by atoms with Gasteiger partial charge in [-0.3, -0.25) is 4.98 Å². The summed E-state index contributed by atoms with van der Waals surface area (Å²) in [5.41, 5.74) is -0.351. The van der Waals surface area contributed by atoms with Gasteiger partial charge in [-0.2, -0.15) is 0 Å². The van der Waals surface area contributed by atoms with Crippen molar-refractivity contribution in [2.75, 3.05) is 0 Å². The maximum atomic E-state index is 10.6. The number of hydrogen-bond donors (Lipinski definition) is 1. The van der Waals surface area contributed by atoms with Crippen LogP contribution >= 0.6 is 0 Å². The minimum atomic E-state index is -1.10. The molecule has 0 radical (unpaired) electrons. The fourth-order valence-corrected chi connectivity index (χ4v) is 1.94. The summed E-state index contributed by atoms with van der Waals surface area (Å²) in [5, 5.41) is 10.6. The van der Waals surface area contributed by atoms with Crippen LogP contribution < -0.4 is 0 Å². The Morgan fingerprint density at radius 3 is 2.88 bits per heavy atom. The molecule has 0 bridgehead atoms. The van der Waals surface area contributed by atoms with Gasteiger partial charge in [0.15, 0.2) is 0 Å². The number of imidazole rings is 1. The summed E-state index contributed by atoms with van der Waals surface area (Å²) in [4.78, 5) is 8.31. The SMILES string of the molecule is CCCn1ccnc1C(C)(O)c1cccnc1. The zero-order valence-electron chi connectivity index (χ0n) is 10.2. The molecule has 2 aromatic heterocycles. The van der Waals surface area contributed by atoms with Crippen LogP contribution in [0.4, 0.5) is 0 Å². The Hall–Kier alpha value is -1.68. The van der Waals surface area contributed by atoms with Gasteiger partial charge in [-0.15, -0.1) is 0 Å². The molecule has 2 rings (SSSR count). The largest absolute Gasteiger partial charge is 0.377 e. The first-order chi connectivity index (χ1) is 8.16. The van der Waals surface area contributed by atoms with Crippen LogP contribution in [0.5, 0.6) is 0 Å². The van der Waals surface area contributed by atoms with E-state index in [2.05, 4.69) is 16.9 Å². The van der Waals surface area contributed by atoms with Crippen molar-refractivity contribution in [1.82, 2.24) is 14.5 Å². The lowest BCUT2D eigenvalue weighted by atomic mass is 9.97. The molecule has 1 atom stereocenters. The predicted octanol–water partition coefficient (Wildman–Crippen LogP) is 1.94. The molecule has 90 valence electrons. The standard InChI is InChI=1S/C13H17N3O/c1-3-8-16-9-7-15-12(16)13(2,17)11-5-4-6-14-10-11/h4-7,9-10,17H,3,8H2,1-2H3. The summed E-state index contributed by atoms with van der Waals surface area (Å²) < 4.78 is 1.98. The molecule has 1 unspecified atom stereocenters. The third kappa shape index (κ3) is 2.22. The van der Waals surface area contributed by atoms with E-state index in [0.29, 0.717) is 5.82 Å². The van der Waals surface area contributed by atoms with Gasteiger partial charge >= 0.3 is 0 Å². The maximum absolute atomic E-state index is 10.6. The van der Waals surface area contributed by atoms with Crippen LogP contribution in [0.1, 0.15) is 31.7 Å². The molecule has 0 spiro atoms. The van der Waals surface area contributed by atoms with E-state index in [4.69, 9.17) is 0 Å². The van der Waals surface area contributed by atoms with E-state index >= 15 is 0 Å². The van der Waals surface area contributed by atoms with Crippen LogP contribution in [0.2, 0.25) is 0 Å². The van der Waals surface area contributed by atoms with Crippen molar-refractivity contribution < 1.29 is 5.11 Å². The second-order valence-electron chi connectivity index (χ2n) is 4.26. The molecule has 0 saturated heterocycles. The van der Waals surface area contributed by atoms with Crippen LogP contribution in [0, 0.1) is 0 Å². The van der Waals surface area contributed by atoms with E-state index in [9.17, 15) is 5.11 Å². The van der Waals surface area contributed by atoms with Crippen molar-refractivity contribution in [3.05, 3.63) is 48.3 Å². The Bertz CT molecular complexity index is 476. The van der Waals surface area contributed by atoms with Crippen LogP contribution in [-0.2, 0) is 12.1 Å². The Balaban J connectivity index is 2.41. The minimum absolute atomic E-state index is 0.660. The first-order valence-corrected chi connectivity index (χ1v) is 5.80. The minimum Gasteiger partial charge on any atom is -0.377 e. The van der Waals surface area contributed by atoms with Gasteiger partial charge in [0.1, 0.15) is 11.4 Å². The van der Waals surface area contributed by atoms with E-state index in [1.165, 1.54) is 0 Å². The summed E-state index contributed by atoms with van der Waals surface area (Å²) in [7, 11) is 0. The van der Waals surface area contributed by atoms with Gasteiger partial charge in [0.25, 0.3) is 0 Å². The van der Waals surface area contributed by atoms with Crippen molar-refractivity contribution in [1.29, 1.82) is 0 Å². The van der Waals surface area contributed by atoms with E-state index in [-0.39, 0.29) is 0 Å². The van der Waals surface area contributed by atoms with Gasteiger partial charge in [-0.1, -0.05) is 13.0 Å². The molecule has 0 saturated carbocycles. The summed E-state index contributed by atoms with van der Waals surface area (Å²) in [6.07, 6.45) is 7.98. The highest BCUT2D eigenvalue weighted by Gasteiger charge is 2.30. The van der Waals surface area contributed by atoms with E-state index in [1.54, 1.807) is 25.5 Å². The van der Waals surface area contributed by atoms with Gasteiger partial charge in [0.05, 0.1) is 0 Å². The molecule has 4 nitrogen and oxygen atoms in total. The molecule has 0 fully saturated rings. The van der Waals surface area contributed by atoms with Crippen molar-refractivity contribution in [2.45, 2.75) is 32.4 Å². The van der Waals surface area contributed by atoms with Crippen LogP contribution in [0.25, 0.3) is 0 Å². The number of hydrogen-bond acceptors (Lipinski definition) is 3. The summed E-state index contributed by atoms with van der Waals surface area (Å²) >= 11 is 0. The molecule has 0 aliphatic rings. The molecular weight excluding hydrogens is 214 g/mol. The second kappa shape index (κ2) is 4.67. The van der Waals surface area contributed by atoms with Crippen LogP contribution in [0.15, 0.2) is 36.9 Å². The third-order valence-corrected chi connectivity index (χ3v) is 2.84. The Labute approximate surface area is 101 Å². The van der Waals surface area contributed by atoms with Crippen molar-refractivity contribution in [2.24, 2.45) is 0 Å². The number of aliphatic hydroxyl groups is 1. The highest BCUT2D eigenvalue weighted by atomic mass is 16.3. The lowest BCUT2D eigenvalue weighted by Crippen LogP contribution is -2.27. The molecule has 4 heteroatoms. The maximum Gasteiger partial charge on any atom is 0.146 e. The average Bonchev–Trinajstić information content (AvgIpc) is 2.80. The lowest BCUT2D eigenvalue weighted by Gasteiger charge is -2.23. The Morgan fingerprint density at radius 1 is 1.41 bits per heavy atom. The van der Waals surface area contributed by atoms with Gasteiger partial charge < -0.3 is 9.67 Å². The number of aryl methyl sites for hydroxylation is 1. The third-order valence-electron chi connectivity index (χ3n) is 2.84. The molecule has 0 amide bonds. The van der Waals surface area contributed by atoms with E-state index in [0.717, 1.165) is 18.5 Å². The molecule has 0 aliphatic carbocycles. The Morgan fingerprint density at radius 2 is 2.24 bits per heavy atom. The zero-order valence-corrected chi connectivity index (χ0v) is 10.2. The predicted molar refractivity (Wildman–Crippen MR) is 65.4 cm³/mol. The summed E-state index contributed by atoms with van der Waals surface area (Å²) in [5.74, 6) is 0.660. The van der Waals surface area contributed by atoms with Crippen molar-refractivity contribution in [3.63, 3.8) is 0 Å². The summed E-state index contributed by atoms with van der Waals surface area (Å²) in [6.45, 7) is 4.70. The molecular formula is C13H17N3O. The van der Waals surface area contributed by atoms with E-state index in [1.807, 2.05) is 22.9 Å². The van der Waals surface area contributed by atoms with E-state index < -0.39 is 5.60 Å². The van der Waals surface area contributed by atoms with Gasteiger partial charge in [0.2, 0.25) is 0 Å². The fraction of sp³-hybridized carbons (Fsp3) is 0.385. The molecule has 2 aromatic rings. The lowest BCUT2D eigenvalue weighted by molar-refractivity contribution is 0.0875. The number of aromatic nitrogens is 3. The van der Waals surface area contributed by atoms with Crippen LogP contribution in [-0.4, -0.2) is 19.6 Å². The molecule has 17 heavy (non-hydrogen) atoms. The zero-order chi connectivity index (χ0) is 12.3. The van der Waals surface area contributed by atoms with Gasteiger partial charge in [-0.05, 0) is 19.4 Å². The smallest absolute Gasteiger partial charge is 0.146 e. The highest BCUT2D eigenvalue weighted by molar-refractivity contribution is 5.25. The second-order valence-corrected chi connectivity index (χ2v) is 4.26. The molecule has 1 N–H and O–H groups in total. The van der Waals surface area contributed by atoms with Gasteiger partial charge in [0, 0.05) is 36.9 Å². The monoisotopic (exact) mass is 231 g/mol. The molecule has 0 aromatic carbocycles. The quantitative estimate of drug-likeness (QED) is 0.875. The Kier molecular flexibility index (Phi) is 3.24. The topological polar surface area (TPSA) is 50.9 Å². The summed E-state index contributed by atoms with van der Waals surface area (Å²) in [6, 6.07) is 3.68. The van der Waals surface area contributed by atoms with Crippen molar-refractivity contribution in [3.8, 4) is 0 Å². The average molecular weight is 231 g/mol. The normalized spacial score (nSPS) is 14.5. The van der Waals surface area contributed by atoms with Crippen LogP contribution in [0.3, 0.4) is 0 Å². The first kappa shape index (κ1) is 11.8. The first-order valence-electron chi connectivity index (χ1n) is 5.80. The van der Waals surface area contributed by atoms with Gasteiger partial charge in [-0.25, -0.2) is 4.98 Å². The fourth-order valence-electron chi connectivity index (χ4n) is 1.94. The number of rotatable bonds is 4. The van der Waals surface area contributed by atoms with Crippen molar-refractivity contribution >= 4 is 0 Å². The molecule has 2 heterocycles.